The zero-order chi connectivity index (χ0) is 20.3. The molecule has 2 saturated heterocycles. The smallest absolute Gasteiger partial charge is 0.269 e. The summed E-state index contributed by atoms with van der Waals surface area (Å²) in [5, 5.41) is 10.9. The summed E-state index contributed by atoms with van der Waals surface area (Å²) in [6.45, 7) is 2.36. The maximum atomic E-state index is 13.5. The number of imide groups is 1. The molecule has 2 bridgehead atoms. The maximum Gasteiger partial charge on any atom is 0.269 e. The van der Waals surface area contributed by atoms with E-state index in [-0.39, 0.29) is 23.4 Å². The van der Waals surface area contributed by atoms with Crippen molar-refractivity contribution in [1.29, 1.82) is 0 Å². The summed E-state index contributed by atoms with van der Waals surface area (Å²) in [4.78, 5) is 38.5. The van der Waals surface area contributed by atoms with Gasteiger partial charge in [-0.3, -0.25) is 19.7 Å². The SMILES string of the molecule is CC1=C[C@]2(c3ccccc3)OC[C@H]1[C@@H]1C(=O)N(c3ccc([N+](=O)[O-])cc3)C(=O)[C@@H]12. The Labute approximate surface area is 166 Å². The highest BCUT2D eigenvalue weighted by Crippen LogP contribution is 2.57. The molecule has 0 saturated carbocycles. The second-order valence-electron chi connectivity index (χ2n) is 7.75. The van der Waals surface area contributed by atoms with Crippen molar-refractivity contribution in [2.24, 2.45) is 17.8 Å². The van der Waals surface area contributed by atoms with Gasteiger partial charge in [0.2, 0.25) is 11.8 Å². The predicted molar refractivity (Wildman–Crippen MR) is 104 cm³/mol. The van der Waals surface area contributed by atoms with Gasteiger partial charge in [0.25, 0.3) is 5.69 Å². The molecule has 2 aromatic rings. The lowest BCUT2D eigenvalue weighted by Gasteiger charge is -2.50. The number of anilines is 1. The van der Waals surface area contributed by atoms with Crippen LogP contribution in [-0.2, 0) is 19.9 Å². The number of ether oxygens (including phenoxy) is 1. The lowest BCUT2D eigenvalue weighted by Crippen LogP contribution is -2.54. The van der Waals surface area contributed by atoms with Crippen molar-refractivity contribution in [3.63, 3.8) is 0 Å². The van der Waals surface area contributed by atoms with Gasteiger partial charge in [-0.1, -0.05) is 35.9 Å². The first-order valence-electron chi connectivity index (χ1n) is 9.45. The minimum Gasteiger partial charge on any atom is -0.365 e. The Morgan fingerprint density at radius 2 is 1.76 bits per heavy atom. The minimum absolute atomic E-state index is 0.0908. The topological polar surface area (TPSA) is 89.8 Å². The molecule has 146 valence electrons. The van der Waals surface area contributed by atoms with Crippen LogP contribution in [0.1, 0.15) is 12.5 Å². The van der Waals surface area contributed by atoms with Gasteiger partial charge < -0.3 is 4.74 Å². The number of hydrogen-bond donors (Lipinski definition) is 0. The number of hydrogen-bond acceptors (Lipinski definition) is 5. The summed E-state index contributed by atoms with van der Waals surface area (Å²) in [6.07, 6.45) is 1.99. The summed E-state index contributed by atoms with van der Waals surface area (Å²) < 4.78 is 6.22. The van der Waals surface area contributed by atoms with Gasteiger partial charge in [0, 0.05) is 18.1 Å². The van der Waals surface area contributed by atoms with Crippen molar-refractivity contribution in [3.8, 4) is 0 Å². The van der Waals surface area contributed by atoms with Crippen molar-refractivity contribution in [1.82, 2.24) is 0 Å². The van der Waals surface area contributed by atoms with E-state index in [0.717, 1.165) is 11.1 Å². The van der Waals surface area contributed by atoms with Crippen molar-refractivity contribution in [2.75, 3.05) is 11.5 Å². The Hall–Kier alpha value is -3.32. The van der Waals surface area contributed by atoms with Crippen LogP contribution in [-0.4, -0.2) is 23.3 Å². The van der Waals surface area contributed by atoms with E-state index in [0.29, 0.717) is 12.3 Å². The molecule has 2 fully saturated rings. The average Bonchev–Trinajstić information content (AvgIpc) is 3.01. The van der Waals surface area contributed by atoms with Gasteiger partial charge in [-0.25, -0.2) is 4.90 Å². The van der Waals surface area contributed by atoms with E-state index in [4.69, 9.17) is 4.74 Å². The molecule has 7 nitrogen and oxygen atoms in total. The van der Waals surface area contributed by atoms with Crippen LogP contribution in [0.15, 0.2) is 66.2 Å². The van der Waals surface area contributed by atoms with Crippen LogP contribution in [0.2, 0.25) is 0 Å². The van der Waals surface area contributed by atoms with Crippen LogP contribution >= 0.6 is 0 Å². The fourth-order valence-corrected chi connectivity index (χ4v) is 4.98. The number of benzene rings is 2. The Morgan fingerprint density at radius 3 is 2.38 bits per heavy atom. The zero-order valence-electron chi connectivity index (χ0n) is 15.6. The molecule has 0 unspecified atom stereocenters. The molecular formula is C22H18N2O5. The van der Waals surface area contributed by atoms with E-state index in [2.05, 4.69) is 0 Å². The fourth-order valence-electron chi connectivity index (χ4n) is 4.98. The molecule has 4 atom stereocenters. The number of non-ortho nitro benzene ring substituents is 1. The summed E-state index contributed by atoms with van der Waals surface area (Å²) >= 11 is 0. The molecule has 2 aromatic carbocycles. The van der Waals surface area contributed by atoms with Crippen molar-refractivity contribution >= 4 is 23.2 Å². The zero-order valence-corrected chi connectivity index (χ0v) is 15.6. The molecule has 7 heteroatoms. The van der Waals surface area contributed by atoms with Crippen molar-refractivity contribution in [3.05, 3.63) is 81.9 Å². The molecule has 1 aliphatic carbocycles. The Kier molecular flexibility index (Phi) is 3.73. The van der Waals surface area contributed by atoms with Crippen LogP contribution in [0.5, 0.6) is 0 Å². The number of nitrogens with zero attached hydrogens (tertiary/aromatic N) is 2. The molecule has 4 aliphatic rings. The van der Waals surface area contributed by atoms with Crippen LogP contribution in [0.25, 0.3) is 0 Å². The predicted octanol–water partition coefficient (Wildman–Crippen LogP) is 3.20. The third-order valence-corrected chi connectivity index (χ3v) is 6.32. The fraction of sp³-hybridized carbons (Fsp3) is 0.273. The van der Waals surface area contributed by atoms with Crippen molar-refractivity contribution in [2.45, 2.75) is 12.5 Å². The first kappa shape index (κ1) is 17.8. The quantitative estimate of drug-likeness (QED) is 0.347. The van der Waals surface area contributed by atoms with Gasteiger partial charge in [-0.2, -0.15) is 0 Å². The number of nitro benzene ring substituents is 1. The van der Waals surface area contributed by atoms with E-state index in [1.54, 1.807) is 0 Å². The lowest BCUT2D eigenvalue weighted by molar-refractivity contribution is -0.384. The number of carbonyl (C=O) groups excluding carboxylic acids is 2. The molecule has 6 rings (SSSR count). The van der Waals surface area contributed by atoms with Crippen molar-refractivity contribution < 1.29 is 19.2 Å². The van der Waals surface area contributed by atoms with Crippen LogP contribution < -0.4 is 4.90 Å². The first-order chi connectivity index (χ1) is 13.9. The normalized spacial score (nSPS) is 30.3. The third kappa shape index (κ3) is 2.34. The molecule has 0 aromatic heterocycles. The molecular weight excluding hydrogens is 372 g/mol. The van der Waals surface area contributed by atoms with Gasteiger partial charge in [0.05, 0.1) is 29.1 Å². The summed E-state index contributed by atoms with van der Waals surface area (Å²) in [5.74, 6) is -1.90. The summed E-state index contributed by atoms with van der Waals surface area (Å²) in [5.41, 5.74) is 1.17. The number of carbonyl (C=O) groups is 2. The van der Waals surface area contributed by atoms with Gasteiger partial charge in [-0.15, -0.1) is 0 Å². The highest BCUT2D eigenvalue weighted by molar-refractivity contribution is 6.23. The maximum absolute atomic E-state index is 13.5. The van der Waals surface area contributed by atoms with Crippen LogP contribution in [0.4, 0.5) is 11.4 Å². The standard InChI is InChI=1S/C22H18N2O5/c1-13-11-22(14-5-3-2-4-6-14)19-18(17(13)12-29-22)20(25)23(21(19)26)15-7-9-16(10-8-15)24(27)28/h2-11,17-19H,12H2,1H3/t17-,18+,19-,22-/m1/s1. The second kappa shape index (κ2) is 6.09. The summed E-state index contributed by atoms with van der Waals surface area (Å²) in [7, 11) is 0. The van der Waals surface area contributed by atoms with E-state index < -0.39 is 22.4 Å². The Morgan fingerprint density at radius 1 is 1.07 bits per heavy atom. The molecule has 2 amide bonds. The van der Waals surface area contributed by atoms with E-state index in [1.165, 1.54) is 29.2 Å². The van der Waals surface area contributed by atoms with Gasteiger partial charge in [0.1, 0.15) is 5.60 Å². The average molecular weight is 390 g/mol. The number of fused-ring (bicyclic) bond motifs is 1. The Bertz CT molecular complexity index is 1060. The second-order valence-corrected chi connectivity index (χ2v) is 7.75. The highest BCUT2D eigenvalue weighted by Gasteiger charge is 2.65. The van der Waals surface area contributed by atoms with E-state index in [9.17, 15) is 19.7 Å². The van der Waals surface area contributed by atoms with Crippen LogP contribution in [0, 0.1) is 27.9 Å². The van der Waals surface area contributed by atoms with Gasteiger partial charge in [0.15, 0.2) is 0 Å². The summed E-state index contributed by atoms with van der Waals surface area (Å²) in [6, 6.07) is 15.0. The molecule has 3 heterocycles. The van der Waals surface area contributed by atoms with E-state index >= 15 is 0 Å². The first-order valence-corrected chi connectivity index (χ1v) is 9.45. The Balaban J connectivity index is 1.62. The van der Waals surface area contributed by atoms with E-state index in [1.807, 2.05) is 43.3 Å². The molecule has 0 N–H and O–H groups in total. The number of rotatable bonds is 3. The number of amides is 2. The highest BCUT2D eigenvalue weighted by atomic mass is 16.6. The van der Waals surface area contributed by atoms with Crippen LogP contribution in [0.3, 0.4) is 0 Å². The van der Waals surface area contributed by atoms with Gasteiger partial charge in [-0.05, 0) is 30.7 Å². The monoisotopic (exact) mass is 390 g/mol. The third-order valence-electron chi connectivity index (χ3n) is 6.32. The molecule has 0 radical (unpaired) electrons. The largest absolute Gasteiger partial charge is 0.365 e. The number of nitro groups is 1. The lowest BCUT2D eigenvalue weighted by atomic mass is 9.62. The van der Waals surface area contributed by atoms with Gasteiger partial charge >= 0.3 is 0 Å². The molecule has 3 aliphatic heterocycles. The molecule has 29 heavy (non-hydrogen) atoms. The molecule has 0 spiro atoms. The minimum atomic E-state index is -0.979.